The zero-order valence-electron chi connectivity index (χ0n) is 17.9. The quantitative estimate of drug-likeness (QED) is 0.516. The monoisotopic (exact) mass is 435 g/mol. The van der Waals surface area contributed by atoms with E-state index in [0.717, 1.165) is 42.0 Å². The Balaban J connectivity index is 1.39. The Labute approximate surface area is 185 Å². The summed E-state index contributed by atoms with van der Waals surface area (Å²) in [7, 11) is 0. The SMILES string of the molecule is CCOCCCNC(=O)c1cnn(-c2nccc(-c3ccc4c(c3)OCO4)n2)c1C1CC1. The van der Waals surface area contributed by atoms with Crippen molar-refractivity contribution in [1.29, 1.82) is 0 Å². The smallest absolute Gasteiger partial charge is 0.254 e. The van der Waals surface area contributed by atoms with Crippen molar-refractivity contribution in [3.63, 3.8) is 0 Å². The van der Waals surface area contributed by atoms with Crippen LogP contribution >= 0.6 is 0 Å². The molecule has 166 valence electrons. The number of ether oxygens (including phenoxy) is 3. The van der Waals surface area contributed by atoms with Crippen molar-refractivity contribution >= 4 is 5.91 Å². The van der Waals surface area contributed by atoms with Crippen LogP contribution in [0.15, 0.2) is 36.7 Å². The fourth-order valence-electron chi connectivity index (χ4n) is 3.72. The molecular weight excluding hydrogens is 410 g/mol. The number of hydrogen-bond acceptors (Lipinski definition) is 7. The second-order valence-electron chi connectivity index (χ2n) is 7.75. The van der Waals surface area contributed by atoms with Crippen LogP contribution in [0.2, 0.25) is 0 Å². The topological polar surface area (TPSA) is 100 Å². The van der Waals surface area contributed by atoms with Crippen molar-refractivity contribution in [2.24, 2.45) is 0 Å². The molecule has 1 N–H and O–H groups in total. The zero-order chi connectivity index (χ0) is 21.9. The molecular formula is C23H25N5O4. The molecule has 5 rings (SSSR count). The maximum atomic E-state index is 12.8. The van der Waals surface area contributed by atoms with E-state index in [0.29, 0.717) is 42.9 Å². The fraction of sp³-hybridized carbons (Fsp3) is 0.391. The van der Waals surface area contributed by atoms with Gasteiger partial charge in [0.05, 0.1) is 23.1 Å². The minimum Gasteiger partial charge on any atom is -0.454 e. The third-order valence-electron chi connectivity index (χ3n) is 5.47. The van der Waals surface area contributed by atoms with Gasteiger partial charge in [-0.25, -0.2) is 14.6 Å². The van der Waals surface area contributed by atoms with E-state index in [2.05, 4.69) is 15.4 Å². The lowest BCUT2D eigenvalue weighted by atomic mass is 10.1. The summed E-state index contributed by atoms with van der Waals surface area (Å²) < 4.78 is 17.9. The maximum absolute atomic E-state index is 12.8. The van der Waals surface area contributed by atoms with Gasteiger partial charge in [-0.05, 0) is 50.5 Å². The predicted octanol–water partition coefficient (Wildman–Crippen LogP) is 3.09. The van der Waals surface area contributed by atoms with Gasteiger partial charge in [-0.3, -0.25) is 4.79 Å². The highest BCUT2D eigenvalue weighted by Gasteiger charge is 2.33. The molecule has 3 heterocycles. The Morgan fingerprint density at radius 2 is 2.12 bits per heavy atom. The molecule has 1 aliphatic heterocycles. The van der Waals surface area contributed by atoms with Gasteiger partial charge in [0.15, 0.2) is 11.5 Å². The first kappa shape index (κ1) is 20.4. The second-order valence-corrected chi connectivity index (χ2v) is 7.75. The minimum atomic E-state index is -0.124. The molecule has 1 aromatic carbocycles. The average molecular weight is 435 g/mol. The summed E-state index contributed by atoms with van der Waals surface area (Å²) in [6.07, 6.45) is 6.14. The molecule has 0 saturated heterocycles. The van der Waals surface area contributed by atoms with Gasteiger partial charge in [0, 0.05) is 37.4 Å². The normalized spacial score (nSPS) is 14.5. The molecule has 1 fully saturated rings. The molecule has 0 radical (unpaired) electrons. The number of nitrogens with zero attached hydrogens (tertiary/aromatic N) is 4. The van der Waals surface area contributed by atoms with Crippen LogP contribution in [0.4, 0.5) is 0 Å². The first-order valence-corrected chi connectivity index (χ1v) is 10.9. The number of carbonyl (C=O) groups excluding carboxylic acids is 1. The number of carbonyl (C=O) groups is 1. The molecule has 1 saturated carbocycles. The largest absolute Gasteiger partial charge is 0.454 e. The maximum Gasteiger partial charge on any atom is 0.254 e. The number of hydrogen-bond donors (Lipinski definition) is 1. The van der Waals surface area contributed by atoms with Crippen molar-refractivity contribution in [3.8, 4) is 28.7 Å². The average Bonchev–Trinajstić information content (AvgIpc) is 3.38. The van der Waals surface area contributed by atoms with Gasteiger partial charge in [0.2, 0.25) is 6.79 Å². The molecule has 1 amide bonds. The number of rotatable bonds is 9. The summed E-state index contributed by atoms with van der Waals surface area (Å²) >= 11 is 0. The van der Waals surface area contributed by atoms with Crippen LogP contribution in [-0.2, 0) is 4.74 Å². The molecule has 9 nitrogen and oxygen atoms in total. The summed E-state index contributed by atoms with van der Waals surface area (Å²) in [5, 5.41) is 7.45. The summed E-state index contributed by atoms with van der Waals surface area (Å²) in [6, 6.07) is 7.55. The Morgan fingerprint density at radius 3 is 2.97 bits per heavy atom. The van der Waals surface area contributed by atoms with E-state index in [1.165, 1.54) is 0 Å². The molecule has 32 heavy (non-hydrogen) atoms. The Kier molecular flexibility index (Phi) is 5.72. The molecule has 0 unspecified atom stereocenters. The number of amides is 1. The Hall–Kier alpha value is -3.46. The molecule has 3 aromatic rings. The summed E-state index contributed by atoms with van der Waals surface area (Å²) in [4.78, 5) is 22.0. The van der Waals surface area contributed by atoms with Crippen LogP contribution in [0.1, 0.15) is 48.2 Å². The zero-order valence-corrected chi connectivity index (χ0v) is 17.9. The lowest BCUT2D eigenvalue weighted by Crippen LogP contribution is -2.26. The number of aromatic nitrogens is 4. The highest BCUT2D eigenvalue weighted by molar-refractivity contribution is 5.95. The standard InChI is InChI=1S/C23H25N5O4/c1-2-30-11-3-9-24-22(29)17-13-26-28(21(17)15-4-5-15)23-25-10-8-18(27-23)16-6-7-19-20(12-16)32-14-31-19/h6-8,10,12-13,15H,2-5,9,11,14H2,1H3,(H,24,29). The van der Waals surface area contributed by atoms with Gasteiger partial charge >= 0.3 is 0 Å². The molecule has 9 heteroatoms. The second kappa shape index (κ2) is 8.96. The molecule has 0 spiro atoms. The van der Waals surface area contributed by atoms with Crippen LogP contribution in [-0.4, -0.2) is 52.2 Å². The van der Waals surface area contributed by atoms with Gasteiger partial charge < -0.3 is 19.5 Å². The Morgan fingerprint density at radius 1 is 1.25 bits per heavy atom. The van der Waals surface area contributed by atoms with Gasteiger partial charge in [0.1, 0.15) is 0 Å². The van der Waals surface area contributed by atoms with E-state index in [1.54, 1.807) is 17.1 Å². The molecule has 0 atom stereocenters. The molecule has 2 aromatic heterocycles. The Bertz CT molecular complexity index is 1130. The highest BCUT2D eigenvalue weighted by Crippen LogP contribution is 2.42. The minimum absolute atomic E-state index is 0.124. The highest BCUT2D eigenvalue weighted by atomic mass is 16.7. The van der Waals surface area contributed by atoms with E-state index in [4.69, 9.17) is 19.2 Å². The van der Waals surface area contributed by atoms with Gasteiger partial charge in [-0.1, -0.05) is 0 Å². The first-order chi connectivity index (χ1) is 15.7. The third-order valence-corrected chi connectivity index (χ3v) is 5.47. The van der Waals surface area contributed by atoms with Crippen LogP contribution in [0.25, 0.3) is 17.2 Å². The van der Waals surface area contributed by atoms with Crippen LogP contribution < -0.4 is 14.8 Å². The van der Waals surface area contributed by atoms with Crippen molar-refractivity contribution in [1.82, 2.24) is 25.1 Å². The summed E-state index contributed by atoms with van der Waals surface area (Å²) in [6.45, 7) is 4.05. The molecule has 2 aliphatic rings. The summed E-state index contributed by atoms with van der Waals surface area (Å²) in [5.41, 5.74) is 3.09. The summed E-state index contributed by atoms with van der Waals surface area (Å²) in [5.74, 6) is 2.03. The van der Waals surface area contributed by atoms with Crippen molar-refractivity contribution in [3.05, 3.63) is 47.9 Å². The number of fused-ring (bicyclic) bond motifs is 1. The van der Waals surface area contributed by atoms with Gasteiger partial charge in [-0.15, -0.1) is 0 Å². The lowest BCUT2D eigenvalue weighted by Gasteiger charge is -2.10. The van der Waals surface area contributed by atoms with Crippen molar-refractivity contribution in [2.45, 2.75) is 32.1 Å². The van der Waals surface area contributed by atoms with Crippen molar-refractivity contribution in [2.75, 3.05) is 26.6 Å². The molecule has 1 aliphatic carbocycles. The molecule has 0 bridgehead atoms. The van der Waals surface area contributed by atoms with E-state index in [1.807, 2.05) is 31.2 Å². The van der Waals surface area contributed by atoms with Crippen LogP contribution in [0.5, 0.6) is 11.5 Å². The number of benzene rings is 1. The van der Waals surface area contributed by atoms with Crippen molar-refractivity contribution < 1.29 is 19.0 Å². The fourth-order valence-corrected chi connectivity index (χ4v) is 3.72. The predicted molar refractivity (Wildman–Crippen MR) is 116 cm³/mol. The number of nitrogens with one attached hydrogen (secondary N) is 1. The van der Waals surface area contributed by atoms with Gasteiger partial charge in [0.25, 0.3) is 11.9 Å². The lowest BCUT2D eigenvalue weighted by molar-refractivity contribution is 0.0943. The van der Waals surface area contributed by atoms with Crippen LogP contribution in [0, 0.1) is 0 Å². The van der Waals surface area contributed by atoms with E-state index in [9.17, 15) is 4.79 Å². The third kappa shape index (κ3) is 4.16. The first-order valence-electron chi connectivity index (χ1n) is 10.9. The van der Waals surface area contributed by atoms with Gasteiger partial charge in [-0.2, -0.15) is 5.10 Å². The van der Waals surface area contributed by atoms with E-state index in [-0.39, 0.29) is 12.7 Å². The van der Waals surface area contributed by atoms with Crippen LogP contribution in [0.3, 0.4) is 0 Å². The van der Waals surface area contributed by atoms with E-state index < -0.39 is 0 Å². The van der Waals surface area contributed by atoms with E-state index >= 15 is 0 Å².